The summed E-state index contributed by atoms with van der Waals surface area (Å²) in [6.07, 6.45) is 12.2. The molecule has 1 fully saturated rings. The van der Waals surface area contributed by atoms with Crippen LogP contribution in [-0.4, -0.2) is 18.8 Å². The van der Waals surface area contributed by atoms with Gasteiger partial charge in [-0.1, -0.05) is 18.2 Å². The van der Waals surface area contributed by atoms with E-state index in [2.05, 4.69) is 23.5 Å². The molecular weight excluding hydrogens is 190 g/mol. The topological polar surface area (TPSA) is 12.0 Å². The largest absolute Gasteiger partial charge is 0.316 e. The summed E-state index contributed by atoms with van der Waals surface area (Å²) >= 11 is 2.04. The molecule has 0 aromatic carbocycles. The van der Waals surface area contributed by atoms with Crippen LogP contribution in [-0.2, 0) is 0 Å². The van der Waals surface area contributed by atoms with Crippen molar-refractivity contribution in [2.75, 3.05) is 18.8 Å². The van der Waals surface area contributed by atoms with Crippen LogP contribution in [0, 0.1) is 5.92 Å². The number of piperidine rings is 1. The van der Waals surface area contributed by atoms with E-state index in [1.165, 1.54) is 49.4 Å². The van der Waals surface area contributed by atoms with Gasteiger partial charge in [-0.2, -0.15) is 0 Å². The summed E-state index contributed by atoms with van der Waals surface area (Å²) < 4.78 is 0. The molecule has 14 heavy (non-hydrogen) atoms. The van der Waals surface area contributed by atoms with E-state index in [4.69, 9.17) is 0 Å². The number of rotatable bonds is 3. The average molecular weight is 209 g/mol. The minimum absolute atomic E-state index is 0.893. The Kier molecular flexibility index (Phi) is 4.14. The minimum Gasteiger partial charge on any atom is -0.316 e. The van der Waals surface area contributed by atoms with Crippen molar-refractivity contribution < 1.29 is 0 Å². The second kappa shape index (κ2) is 5.62. The Morgan fingerprint density at radius 1 is 1.43 bits per heavy atom. The van der Waals surface area contributed by atoms with Crippen LogP contribution in [0.1, 0.15) is 25.7 Å². The van der Waals surface area contributed by atoms with Crippen molar-refractivity contribution in [2.45, 2.75) is 25.7 Å². The van der Waals surface area contributed by atoms with E-state index in [1.807, 2.05) is 11.8 Å². The Labute approximate surface area is 91.0 Å². The zero-order valence-corrected chi connectivity index (χ0v) is 9.48. The van der Waals surface area contributed by atoms with Crippen molar-refractivity contribution in [3.63, 3.8) is 0 Å². The van der Waals surface area contributed by atoms with E-state index in [0.717, 1.165) is 5.92 Å². The van der Waals surface area contributed by atoms with Gasteiger partial charge in [0, 0.05) is 10.7 Å². The molecule has 0 amide bonds. The smallest absolute Gasteiger partial charge is 0.00290 e. The van der Waals surface area contributed by atoms with Gasteiger partial charge >= 0.3 is 0 Å². The molecule has 1 N–H and O–H groups in total. The first kappa shape index (κ1) is 10.3. The van der Waals surface area contributed by atoms with Crippen molar-refractivity contribution in [3.8, 4) is 0 Å². The first-order valence-corrected chi connectivity index (χ1v) is 6.64. The summed E-state index contributed by atoms with van der Waals surface area (Å²) in [5, 5.41) is 3.47. The summed E-state index contributed by atoms with van der Waals surface area (Å²) in [4.78, 5) is 1.49. The Morgan fingerprint density at radius 3 is 3.14 bits per heavy atom. The highest BCUT2D eigenvalue weighted by molar-refractivity contribution is 8.03. The molecule has 78 valence electrons. The lowest BCUT2D eigenvalue weighted by atomic mass is 10.0. The molecule has 1 saturated heterocycles. The summed E-state index contributed by atoms with van der Waals surface area (Å²) in [5.41, 5.74) is 0. The summed E-state index contributed by atoms with van der Waals surface area (Å²) in [5.74, 6) is 2.19. The third-order valence-corrected chi connectivity index (χ3v) is 4.12. The van der Waals surface area contributed by atoms with Gasteiger partial charge in [-0.05, 0) is 44.7 Å². The summed E-state index contributed by atoms with van der Waals surface area (Å²) in [6, 6.07) is 0. The predicted molar refractivity (Wildman–Crippen MR) is 64.5 cm³/mol. The molecule has 0 bridgehead atoms. The predicted octanol–water partition coefficient (Wildman–Crippen LogP) is 2.95. The van der Waals surface area contributed by atoms with Gasteiger partial charge in [-0.25, -0.2) is 0 Å². The highest BCUT2D eigenvalue weighted by Crippen LogP contribution is 2.26. The molecule has 0 aromatic rings. The fourth-order valence-corrected chi connectivity index (χ4v) is 3.12. The van der Waals surface area contributed by atoms with Gasteiger partial charge in [-0.15, -0.1) is 11.8 Å². The highest BCUT2D eigenvalue weighted by Gasteiger charge is 2.13. The molecule has 2 aliphatic rings. The van der Waals surface area contributed by atoms with Gasteiger partial charge < -0.3 is 5.32 Å². The van der Waals surface area contributed by atoms with Gasteiger partial charge in [0.05, 0.1) is 0 Å². The molecule has 2 heteroatoms. The molecule has 1 aliphatic carbocycles. The van der Waals surface area contributed by atoms with Gasteiger partial charge in [0.2, 0.25) is 0 Å². The standard InChI is InChI=1S/C12H19NS/c1-2-6-12(7-3-1)14-10-11-5-4-8-13-9-11/h2,6-7,11,13H,1,3-5,8-10H2. The van der Waals surface area contributed by atoms with Crippen LogP contribution >= 0.6 is 11.8 Å². The normalized spacial score (nSPS) is 27.4. The SMILES string of the molecule is C1=CC(SCC2CCCNC2)=CCC1. The van der Waals surface area contributed by atoms with E-state index in [9.17, 15) is 0 Å². The van der Waals surface area contributed by atoms with Crippen LogP contribution < -0.4 is 5.32 Å². The molecule has 0 radical (unpaired) electrons. The summed E-state index contributed by atoms with van der Waals surface area (Å²) in [6.45, 7) is 2.45. The molecular formula is C12H19NS. The van der Waals surface area contributed by atoms with Crippen LogP contribution in [0.15, 0.2) is 23.1 Å². The molecule has 0 saturated carbocycles. The van der Waals surface area contributed by atoms with Crippen LogP contribution in [0.5, 0.6) is 0 Å². The molecule has 1 heterocycles. The van der Waals surface area contributed by atoms with Gasteiger partial charge in [0.15, 0.2) is 0 Å². The Hall–Kier alpha value is -0.210. The number of thioether (sulfide) groups is 1. The van der Waals surface area contributed by atoms with Crippen LogP contribution in [0.2, 0.25) is 0 Å². The molecule has 0 spiro atoms. The van der Waals surface area contributed by atoms with Crippen molar-refractivity contribution in [3.05, 3.63) is 23.1 Å². The van der Waals surface area contributed by atoms with E-state index in [0.29, 0.717) is 0 Å². The Morgan fingerprint density at radius 2 is 2.43 bits per heavy atom. The van der Waals surface area contributed by atoms with E-state index >= 15 is 0 Å². The lowest BCUT2D eigenvalue weighted by molar-refractivity contribution is 0.410. The number of hydrogen-bond donors (Lipinski definition) is 1. The third kappa shape index (κ3) is 3.18. The number of nitrogens with one attached hydrogen (secondary N) is 1. The molecule has 1 nitrogen and oxygen atoms in total. The van der Waals surface area contributed by atoms with E-state index in [-0.39, 0.29) is 0 Å². The summed E-state index contributed by atoms with van der Waals surface area (Å²) in [7, 11) is 0. The minimum atomic E-state index is 0.893. The average Bonchev–Trinajstić information content (AvgIpc) is 2.29. The molecule has 1 atom stereocenters. The number of hydrogen-bond acceptors (Lipinski definition) is 2. The van der Waals surface area contributed by atoms with Crippen molar-refractivity contribution in [1.82, 2.24) is 5.32 Å². The van der Waals surface area contributed by atoms with Crippen molar-refractivity contribution >= 4 is 11.8 Å². The monoisotopic (exact) mass is 209 g/mol. The van der Waals surface area contributed by atoms with Crippen LogP contribution in [0.3, 0.4) is 0 Å². The maximum absolute atomic E-state index is 3.47. The second-order valence-electron chi connectivity index (χ2n) is 4.11. The molecule has 2 rings (SSSR count). The third-order valence-electron chi connectivity index (χ3n) is 2.85. The fraction of sp³-hybridized carbons (Fsp3) is 0.667. The Balaban J connectivity index is 1.70. The first-order chi connectivity index (χ1) is 6.95. The maximum atomic E-state index is 3.47. The van der Waals surface area contributed by atoms with Crippen LogP contribution in [0.4, 0.5) is 0 Å². The van der Waals surface area contributed by atoms with Crippen molar-refractivity contribution in [2.24, 2.45) is 5.92 Å². The molecule has 1 aliphatic heterocycles. The maximum Gasteiger partial charge on any atom is 0.00290 e. The zero-order valence-electron chi connectivity index (χ0n) is 8.67. The quantitative estimate of drug-likeness (QED) is 0.767. The Bertz CT molecular complexity index is 226. The highest BCUT2D eigenvalue weighted by atomic mass is 32.2. The lowest BCUT2D eigenvalue weighted by Gasteiger charge is -2.22. The first-order valence-electron chi connectivity index (χ1n) is 5.65. The van der Waals surface area contributed by atoms with Gasteiger partial charge in [-0.3, -0.25) is 0 Å². The van der Waals surface area contributed by atoms with Gasteiger partial charge in [0.25, 0.3) is 0 Å². The van der Waals surface area contributed by atoms with Gasteiger partial charge in [0.1, 0.15) is 0 Å². The number of allylic oxidation sites excluding steroid dienone is 3. The molecule has 0 aromatic heterocycles. The zero-order chi connectivity index (χ0) is 9.64. The van der Waals surface area contributed by atoms with Crippen LogP contribution in [0.25, 0.3) is 0 Å². The lowest BCUT2D eigenvalue weighted by Crippen LogP contribution is -2.30. The van der Waals surface area contributed by atoms with E-state index < -0.39 is 0 Å². The second-order valence-corrected chi connectivity index (χ2v) is 5.20. The van der Waals surface area contributed by atoms with Crippen molar-refractivity contribution in [1.29, 1.82) is 0 Å². The fourth-order valence-electron chi connectivity index (χ4n) is 1.98. The molecule has 1 unspecified atom stereocenters. The van der Waals surface area contributed by atoms with E-state index in [1.54, 1.807) is 0 Å².